The van der Waals surface area contributed by atoms with Gasteiger partial charge in [0.05, 0.1) is 17.6 Å². The topological polar surface area (TPSA) is 89.1 Å². The highest BCUT2D eigenvalue weighted by molar-refractivity contribution is 5.76. The van der Waals surface area contributed by atoms with E-state index in [2.05, 4.69) is 33.0 Å². The van der Waals surface area contributed by atoms with Crippen LogP contribution in [-0.4, -0.2) is 43.7 Å². The molecule has 1 aliphatic carbocycles. The fraction of sp³-hybridized carbons (Fsp3) is 0.500. The molecule has 0 radical (unpaired) electrons. The monoisotopic (exact) mass is 382 g/mol. The van der Waals surface area contributed by atoms with Crippen molar-refractivity contribution in [1.82, 2.24) is 29.9 Å². The van der Waals surface area contributed by atoms with Crippen LogP contribution in [0.1, 0.15) is 50.1 Å². The molecule has 1 saturated carbocycles. The van der Waals surface area contributed by atoms with Crippen LogP contribution in [0, 0.1) is 0 Å². The summed E-state index contributed by atoms with van der Waals surface area (Å²) in [4.78, 5) is 23.3. The van der Waals surface area contributed by atoms with Crippen LogP contribution in [0.5, 0.6) is 0 Å². The molecule has 0 unspecified atom stereocenters. The molecule has 148 valence electrons. The van der Waals surface area contributed by atoms with Gasteiger partial charge in [0.2, 0.25) is 5.89 Å². The first kappa shape index (κ1) is 18.5. The Morgan fingerprint density at radius 2 is 2.11 bits per heavy atom. The second-order valence-corrected chi connectivity index (χ2v) is 7.08. The Morgan fingerprint density at radius 1 is 1.29 bits per heavy atom. The van der Waals surface area contributed by atoms with E-state index in [1.807, 2.05) is 25.1 Å². The molecule has 1 aliphatic rings. The van der Waals surface area contributed by atoms with Gasteiger partial charge in [-0.05, 0) is 38.8 Å². The Morgan fingerprint density at radius 3 is 2.86 bits per heavy atom. The number of hydrogen-bond acceptors (Lipinski definition) is 5. The number of amides is 2. The normalized spacial score (nSPS) is 13.8. The number of carbonyl (C=O) groups is 1. The van der Waals surface area contributed by atoms with Gasteiger partial charge in [-0.15, -0.1) is 0 Å². The number of rotatable bonds is 8. The molecule has 0 atom stereocenters. The lowest BCUT2D eigenvalue weighted by Gasteiger charge is -2.19. The van der Waals surface area contributed by atoms with E-state index in [0.29, 0.717) is 43.7 Å². The van der Waals surface area contributed by atoms with E-state index < -0.39 is 0 Å². The first-order chi connectivity index (χ1) is 13.7. The molecule has 2 aromatic heterocycles. The summed E-state index contributed by atoms with van der Waals surface area (Å²) in [5.74, 6) is 2.67. The molecule has 0 bridgehead atoms. The van der Waals surface area contributed by atoms with Gasteiger partial charge >= 0.3 is 6.03 Å². The molecule has 1 fully saturated rings. The molecule has 1 aromatic carbocycles. The Balaban J connectivity index is 1.33. The number of urea groups is 1. The van der Waals surface area contributed by atoms with Crippen molar-refractivity contribution in [2.24, 2.45) is 0 Å². The minimum Gasteiger partial charge on any atom is -0.339 e. The molecule has 2 amide bonds. The van der Waals surface area contributed by atoms with Gasteiger partial charge in [0, 0.05) is 32.0 Å². The summed E-state index contributed by atoms with van der Waals surface area (Å²) in [7, 11) is 0. The van der Waals surface area contributed by atoms with E-state index in [4.69, 9.17) is 9.51 Å². The van der Waals surface area contributed by atoms with Crippen molar-refractivity contribution in [1.29, 1.82) is 0 Å². The van der Waals surface area contributed by atoms with Crippen molar-refractivity contribution in [3.63, 3.8) is 0 Å². The average molecular weight is 382 g/mol. The van der Waals surface area contributed by atoms with Crippen LogP contribution in [0.25, 0.3) is 11.0 Å². The minimum absolute atomic E-state index is 0.126. The van der Waals surface area contributed by atoms with Crippen molar-refractivity contribution >= 4 is 17.1 Å². The number of fused-ring (bicyclic) bond motifs is 1. The lowest BCUT2D eigenvalue weighted by molar-refractivity contribution is 0.196. The fourth-order valence-corrected chi connectivity index (χ4v) is 3.39. The van der Waals surface area contributed by atoms with Crippen molar-refractivity contribution in [2.45, 2.75) is 52.1 Å². The molecule has 1 N–H and O–H groups in total. The van der Waals surface area contributed by atoms with Gasteiger partial charge < -0.3 is 19.3 Å². The van der Waals surface area contributed by atoms with E-state index in [9.17, 15) is 4.79 Å². The zero-order chi connectivity index (χ0) is 19.5. The van der Waals surface area contributed by atoms with E-state index in [1.165, 1.54) is 0 Å². The molecule has 28 heavy (non-hydrogen) atoms. The van der Waals surface area contributed by atoms with E-state index >= 15 is 0 Å². The summed E-state index contributed by atoms with van der Waals surface area (Å²) in [5, 5.41) is 6.99. The average Bonchev–Trinajstić information content (AvgIpc) is 3.35. The molecule has 0 aliphatic heterocycles. The summed E-state index contributed by atoms with van der Waals surface area (Å²) in [5.41, 5.74) is 2.12. The molecule has 8 nitrogen and oxygen atoms in total. The molecule has 8 heteroatoms. The molecule has 3 aromatic rings. The first-order valence-electron chi connectivity index (χ1n) is 9.99. The highest BCUT2D eigenvalue weighted by Crippen LogP contribution is 2.38. The van der Waals surface area contributed by atoms with Crippen LogP contribution in [0.2, 0.25) is 0 Å². The third kappa shape index (κ3) is 3.85. The number of aryl methyl sites for hydroxylation is 1. The summed E-state index contributed by atoms with van der Waals surface area (Å²) >= 11 is 0. The van der Waals surface area contributed by atoms with Gasteiger partial charge in [-0.3, -0.25) is 0 Å². The summed E-state index contributed by atoms with van der Waals surface area (Å²) in [6, 6.07) is 7.98. The van der Waals surface area contributed by atoms with Gasteiger partial charge in [0.15, 0.2) is 5.82 Å². The van der Waals surface area contributed by atoms with Gasteiger partial charge in [0.1, 0.15) is 5.82 Å². The Kier molecular flexibility index (Phi) is 5.27. The quantitative estimate of drug-likeness (QED) is 0.647. The Hall–Kier alpha value is -2.90. The first-order valence-corrected chi connectivity index (χ1v) is 9.99. The maximum Gasteiger partial charge on any atom is 0.317 e. The van der Waals surface area contributed by atoms with E-state index in [-0.39, 0.29) is 6.03 Å². The lowest BCUT2D eigenvalue weighted by Crippen LogP contribution is -2.40. The number of aromatic nitrogens is 4. The molecular weight excluding hydrogens is 356 g/mol. The number of imidazole rings is 1. The number of nitrogens with one attached hydrogen (secondary N) is 1. The van der Waals surface area contributed by atoms with Gasteiger partial charge in [-0.1, -0.05) is 17.3 Å². The highest BCUT2D eigenvalue weighted by atomic mass is 16.5. The van der Waals surface area contributed by atoms with E-state index in [1.54, 1.807) is 4.90 Å². The second-order valence-electron chi connectivity index (χ2n) is 7.08. The standard InChI is InChI=1S/C20H26N6O2/c1-3-25(13-17-23-19(28-24-17)14-9-10-14)20(27)21-12-11-18-22-15-7-5-6-8-16(15)26(18)4-2/h5-8,14H,3-4,9-13H2,1-2H3,(H,21,27). The Labute approximate surface area is 163 Å². The van der Waals surface area contributed by atoms with Gasteiger partial charge in [0.25, 0.3) is 0 Å². The van der Waals surface area contributed by atoms with Crippen LogP contribution in [-0.2, 0) is 19.5 Å². The smallest absolute Gasteiger partial charge is 0.317 e. The van der Waals surface area contributed by atoms with Gasteiger partial charge in [-0.25, -0.2) is 9.78 Å². The third-order valence-electron chi connectivity index (χ3n) is 5.09. The van der Waals surface area contributed by atoms with Gasteiger partial charge in [-0.2, -0.15) is 4.98 Å². The maximum atomic E-state index is 12.5. The Bertz CT molecular complexity index is 959. The van der Waals surface area contributed by atoms with E-state index in [0.717, 1.165) is 36.2 Å². The molecular formula is C20H26N6O2. The molecule has 4 rings (SSSR count). The predicted octanol–water partition coefficient (Wildman–Crippen LogP) is 3.09. The van der Waals surface area contributed by atoms with Crippen LogP contribution < -0.4 is 5.32 Å². The van der Waals surface area contributed by atoms with Crippen molar-refractivity contribution < 1.29 is 9.32 Å². The molecule has 2 heterocycles. The number of nitrogens with zero attached hydrogens (tertiary/aromatic N) is 5. The number of para-hydroxylation sites is 2. The number of hydrogen-bond donors (Lipinski definition) is 1. The molecule has 0 saturated heterocycles. The number of benzene rings is 1. The zero-order valence-electron chi connectivity index (χ0n) is 16.4. The third-order valence-corrected chi connectivity index (χ3v) is 5.09. The largest absolute Gasteiger partial charge is 0.339 e. The summed E-state index contributed by atoms with van der Waals surface area (Å²) in [6.07, 6.45) is 2.91. The van der Waals surface area contributed by atoms with Crippen LogP contribution in [0.3, 0.4) is 0 Å². The van der Waals surface area contributed by atoms with Crippen LogP contribution >= 0.6 is 0 Å². The second kappa shape index (κ2) is 8.00. The predicted molar refractivity (Wildman–Crippen MR) is 105 cm³/mol. The SMILES string of the molecule is CCN(Cc1noc(C2CC2)n1)C(=O)NCCc1nc2ccccc2n1CC. The maximum absolute atomic E-state index is 12.5. The van der Waals surface area contributed by atoms with Crippen LogP contribution in [0.15, 0.2) is 28.8 Å². The number of carbonyl (C=O) groups excluding carboxylic acids is 1. The summed E-state index contributed by atoms with van der Waals surface area (Å²) < 4.78 is 7.47. The van der Waals surface area contributed by atoms with Crippen LogP contribution in [0.4, 0.5) is 4.79 Å². The highest BCUT2D eigenvalue weighted by Gasteiger charge is 2.30. The van der Waals surface area contributed by atoms with Crippen molar-refractivity contribution in [3.05, 3.63) is 41.8 Å². The summed E-state index contributed by atoms with van der Waals surface area (Å²) in [6.45, 7) is 6.36. The van der Waals surface area contributed by atoms with Crippen molar-refractivity contribution in [2.75, 3.05) is 13.1 Å². The molecule has 0 spiro atoms. The van der Waals surface area contributed by atoms with Crippen molar-refractivity contribution in [3.8, 4) is 0 Å². The minimum atomic E-state index is -0.126. The fourth-order valence-electron chi connectivity index (χ4n) is 3.39. The zero-order valence-corrected chi connectivity index (χ0v) is 16.4. The lowest BCUT2D eigenvalue weighted by atomic mass is 10.3.